The number of fused-ring (bicyclic) bond motifs is 1. The molecule has 1 aliphatic rings. The Kier molecular flexibility index (Phi) is 5.01. The van der Waals surface area contributed by atoms with Crippen LogP contribution in [0, 0.1) is 0 Å². The van der Waals surface area contributed by atoms with Gasteiger partial charge in [-0.1, -0.05) is 29.3 Å². The maximum atomic E-state index is 12.2. The van der Waals surface area contributed by atoms with Crippen LogP contribution in [0.15, 0.2) is 36.4 Å². The molecule has 1 heterocycles. The number of halogens is 2. The van der Waals surface area contributed by atoms with Crippen LogP contribution in [0.3, 0.4) is 0 Å². The van der Waals surface area contributed by atoms with Gasteiger partial charge in [0.1, 0.15) is 0 Å². The fourth-order valence-electron chi connectivity index (χ4n) is 2.14. The molecule has 25 heavy (non-hydrogen) atoms. The van der Waals surface area contributed by atoms with Crippen molar-refractivity contribution >= 4 is 40.8 Å². The van der Waals surface area contributed by atoms with Crippen molar-refractivity contribution < 1.29 is 23.8 Å². The number of hydrogen-bond acceptors (Lipinski definition) is 5. The quantitative estimate of drug-likeness (QED) is 0.812. The standard InChI is InChI=1S/C17H13Cl2NO5/c1-9(16(21)20-12-4-2-3-11(18)15(12)19)25-17(22)10-5-6-13-14(7-10)24-8-23-13/h2-7,9H,8H2,1H3,(H,20,21)/t9-/m1/s1. The van der Waals surface area contributed by atoms with Crippen molar-refractivity contribution in [2.24, 2.45) is 0 Å². The van der Waals surface area contributed by atoms with Crippen molar-refractivity contribution in [2.45, 2.75) is 13.0 Å². The third-order valence-corrected chi connectivity index (χ3v) is 4.29. The monoisotopic (exact) mass is 381 g/mol. The van der Waals surface area contributed by atoms with Gasteiger partial charge in [-0.05, 0) is 37.3 Å². The molecule has 0 saturated carbocycles. The van der Waals surface area contributed by atoms with E-state index in [0.29, 0.717) is 22.2 Å². The molecule has 0 saturated heterocycles. The molecule has 1 amide bonds. The topological polar surface area (TPSA) is 73.9 Å². The summed E-state index contributed by atoms with van der Waals surface area (Å²) < 4.78 is 15.6. The van der Waals surface area contributed by atoms with Gasteiger partial charge in [-0.15, -0.1) is 0 Å². The van der Waals surface area contributed by atoms with Crippen LogP contribution in [0.25, 0.3) is 0 Å². The molecular formula is C17H13Cl2NO5. The number of rotatable bonds is 4. The number of carbonyl (C=O) groups is 2. The molecule has 0 unspecified atom stereocenters. The first-order valence-corrected chi connectivity index (χ1v) is 8.07. The van der Waals surface area contributed by atoms with E-state index < -0.39 is 18.0 Å². The average molecular weight is 382 g/mol. The molecule has 1 N–H and O–H groups in total. The average Bonchev–Trinajstić information content (AvgIpc) is 3.06. The van der Waals surface area contributed by atoms with Crippen LogP contribution in [-0.4, -0.2) is 24.8 Å². The molecule has 0 spiro atoms. The van der Waals surface area contributed by atoms with E-state index in [2.05, 4.69) is 5.32 Å². The summed E-state index contributed by atoms with van der Waals surface area (Å²) in [7, 11) is 0. The Morgan fingerprint density at radius 3 is 2.72 bits per heavy atom. The summed E-state index contributed by atoms with van der Waals surface area (Å²) in [5.41, 5.74) is 0.592. The first-order valence-electron chi connectivity index (χ1n) is 7.31. The maximum Gasteiger partial charge on any atom is 0.339 e. The first kappa shape index (κ1) is 17.4. The van der Waals surface area contributed by atoms with E-state index in [0.717, 1.165) is 0 Å². The van der Waals surface area contributed by atoms with Gasteiger partial charge in [-0.2, -0.15) is 0 Å². The number of carbonyl (C=O) groups excluding carboxylic acids is 2. The van der Waals surface area contributed by atoms with Crippen molar-refractivity contribution in [3.63, 3.8) is 0 Å². The fraction of sp³-hybridized carbons (Fsp3) is 0.176. The molecule has 130 valence electrons. The van der Waals surface area contributed by atoms with E-state index in [-0.39, 0.29) is 17.4 Å². The fourth-order valence-corrected chi connectivity index (χ4v) is 2.49. The van der Waals surface area contributed by atoms with Gasteiger partial charge < -0.3 is 19.5 Å². The number of anilines is 1. The molecule has 0 aromatic heterocycles. The van der Waals surface area contributed by atoms with Gasteiger partial charge in [-0.3, -0.25) is 4.79 Å². The summed E-state index contributed by atoms with van der Waals surface area (Å²) in [5, 5.41) is 3.10. The molecule has 1 atom stereocenters. The highest BCUT2D eigenvalue weighted by Crippen LogP contribution is 2.33. The lowest BCUT2D eigenvalue weighted by atomic mass is 10.2. The zero-order chi connectivity index (χ0) is 18.0. The van der Waals surface area contributed by atoms with E-state index in [1.807, 2.05) is 0 Å². The van der Waals surface area contributed by atoms with Gasteiger partial charge in [0.15, 0.2) is 17.6 Å². The summed E-state index contributed by atoms with van der Waals surface area (Å²) >= 11 is 11.9. The van der Waals surface area contributed by atoms with Crippen molar-refractivity contribution in [2.75, 3.05) is 12.1 Å². The highest BCUT2D eigenvalue weighted by atomic mass is 35.5. The van der Waals surface area contributed by atoms with Gasteiger partial charge in [0, 0.05) is 0 Å². The van der Waals surface area contributed by atoms with Crippen LogP contribution in [0.1, 0.15) is 17.3 Å². The molecule has 3 rings (SSSR count). The minimum atomic E-state index is -1.03. The van der Waals surface area contributed by atoms with E-state index in [9.17, 15) is 9.59 Å². The molecular weight excluding hydrogens is 369 g/mol. The first-order chi connectivity index (χ1) is 12.0. The molecule has 1 aliphatic heterocycles. The minimum Gasteiger partial charge on any atom is -0.454 e. The Hall–Kier alpha value is -2.44. The summed E-state index contributed by atoms with van der Waals surface area (Å²) in [4.78, 5) is 24.4. The van der Waals surface area contributed by atoms with Crippen LogP contribution in [0.2, 0.25) is 10.0 Å². The van der Waals surface area contributed by atoms with Gasteiger partial charge >= 0.3 is 5.97 Å². The zero-order valence-electron chi connectivity index (χ0n) is 13.0. The number of ether oxygens (including phenoxy) is 3. The summed E-state index contributed by atoms with van der Waals surface area (Å²) in [5.74, 6) is -0.174. The second-order valence-corrected chi connectivity index (χ2v) is 5.99. The van der Waals surface area contributed by atoms with Crippen molar-refractivity contribution in [1.29, 1.82) is 0 Å². The van der Waals surface area contributed by atoms with Gasteiger partial charge in [-0.25, -0.2) is 4.79 Å². The predicted octanol–water partition coefficient (Wildman–Crippen LogP) is 3.91. The predicted molar refractivity (Wildman–Crippen MR) is 92.5 cm³/mol. The van der Waals surface area contributed by atoms with Gasteiger partial charge in [0.05, 0.1) is 21.3 Å². The van der Waals surface area contributed by atoms with Crippen molar-refractivity contribution in [3.05, 3.63) is 52.0 Å². The lowest BCUT2D eigenvalue weighted by Gasteiger charge is -2.14. The lowest BCUT2D eigenvalue weighted by molar-refractivity contribution is -0.123. The summed E-state index contributed by atoms with van der Waals surface area (Å²) in [6.45, 7) is 1.56. The van der Waals surface area contributed by atoms with Gasteiger partial charge in [0.2, 0.25) is 6.79 Å². The molecule has 0 fully saturated rings. The van der Waals surface area contributed by atoms with Crippen LogP contribution in [0.4, 0.5) is 5.69 Å². The second kappa shape index (κ2) is 7.21. The van der Waals surface area contributed by atoms with E-state index in [4.69, 9.17) is 37.4 Å². The Morgan fingerprint density at radius 2 is 1.92 bits per heavy atom. The third kappa shape index (κ3) is 3.81. The molecule has 8 heteroatoms. The largest absolute Gasteiger partial charge is 0.454 e. The van der Waals surface area contributed by atoms with E-state index in [1.54, 1.807) is 24.3 Å². The van der Waals surface area contributed by atoms with Crippen LogP contribution >= 0.6 is 23.2 Å². The van der Waals surface area contributed by atoms with E-state index >= 15 is 0 Å². The molecule has 2 aromatic rings. The van der Waals surface area contributed by atoms with Crippen LogP contribution in [-0.2, 0) is 9.53 Å². The number of nitrogens with one attached hydrogen (secondary N) is 1. The number of esters is 1. The Morgan fingerprint density at radius 1 is 1.16 bits per heavy atom. The number of amides is 1. The number of benzene rings is 2. The van der Waals surface area contributed by atoms with Gasteiger partial charge in [0.25, 0.3) is 5.91 Å². The molecule has 0 radical (unpaired) electrons. The molecule has 2 aromatic carbocycles. The minimum absolute atomic E-state index is 0.104. The maximum absolute atomic E-state index is 12.2. The highest BCUT2D eigenvalue weighted by molar-refractivity contribution is 6.44. The summed E-state index contributed by atoms with van der Waals surface area (Å²) in [6.07, 6.45) is -1.03. The molecule has 0 aliphatic carbocycles. The SMILES string of the molecule is C[C@@H](OC(=O)c1ccc2c(c1)OCO2)C(=O)Nc1cccc(Cl)c1Cl. The Bertz CT molecular complexity index is 840. The molecule has 6 nitrogen and oxygen atoms in total. The normalized spacial score (nSPS) is 13.2. The Labute approximate surface area is 153 Å². The van der Waals surface area contributed by atoms with Crippen LogP contribution < -0.4 is 14.8 Å². The number of hydrogen-bond donors (Lipinski definition) is 1. The zero-order valence-corrected chi connectivity index (χ0v) is 14.6. The highest BCUT2D eigenvalue weighted by Gasteiger charge is 2.22. The smallest absolute Gasteiger partial charge is 0.339 e. The lowest BCUT2D eigenvalue weighted by Crippen LogP contribution is -2.30. The third-order valence-electron chi connectivity index (χ3n) is 3.47. The summed E-state index contributed by atoms with van der Waals surface area (Å²) in [6, 6.07) is 9.49. The van der Waals surface area contributed by atoms with Crippen LogP contribution in [0.5, 0.6) is 11.5 Å². The Balaban J connectivity index is 1.65. The molecule has 0 bridgehead atoms. The van der Waals surface area contributed by atoms with Crippen molar-refractivity contribution in [1.82, 2.24) is 0 Å². The van der Waals surface area contributed by atoms with Crippen molar-refractivity contribution in [3.8, 4) is 11.5 Å². The second-order valence-electron chi connectivity index (χ2n) is 5.21. The van der Waals surface area contributed by atoms with E-state index in [1.165, 1.54) is 19.1 Å².